The Bertz CT molecular complexity index is 1000. The predicted octanol–water partition coefficient (Wildman–Crippen LogP) is 5.60. The molecule has 0 amide bonds. The van der Waals surface area contributed by atoms with Gasteiger partial charge in [0.1, 0.15) is 6.04 Å². The first kappa shape index (κ1) is 25.9. The molecule has 0 bridgehead atoms. The number of unbranched alkanes of at least 4 members (excludes halogenated alkanes) is 2. The van der Waals surface area contributed by atoms with Crippen LogP contribution in [-0.2, 0) is 9.53 Å². The van der Waals surface area contributed by atoms with Gasteiger partial charge in [-0.3, -0.25) is 0 Å². The number of nitrogens with one attached hydrogen (secondary N) is 1. The zero-order valence-corrected chi connectivity index (χ0v) is 21.7. The van der Waals surface area contributed by atoms with E-state index in [2.05, 4.69) is 31.1 Å². The summed E-state index contributed by atoms with van der Waals surface area (Å²) in [5.41, 5.74) is 2.07. The number of thioether (sulfide) groups is 1. The Morgan fingerprint density at radius 3 is 2.59 bits per heavy atom. The molecule has 1 unspecified atom stereocenters. The number of allylic oxidation sites excluding steroid dienone is 1. The van der Waals surface area contributed by atoms with Crippen LogP contribution in [0.25, 0.3) is 0 Å². The third-order valence-electron chi connectivity index (χ3n) is 5.48. The summed E-state index contributed by atoms with van der Waals surface area (Å²) in [6.07, 6.45) is 4.81. The lowest BCUT2D eigenvalue weighted by molar-refractivity contribution is -0.139. The number of anilines is 1. The molecule has 1 aliphatic heterocycles. The first-order valence-corrected chi connectivity index (χ1v) is 13.1. The Kier molecular flexibility index (Phi) is 9.68. The highest BCUT2D eigenvalue weighted by atomic mass is 32.2. The van der Waals surface area contributed by atoms with E-state index in [0.29, 0.717) is 47.1 Å². The topological polar surface area (TPSA) is 87.5 Å². The number of ether oxygens (including phenoxy) is 3. The van der Waals surface area contributed by atoms with Gasteiger partial charge >= 0.3 is 5.97 Å². The molecule has 1 aromatic heterocycles. The van der Waals surface area contributed by atoms with Crippen LogP contribution in [0.3, 0.4) is 0 Å². The third-order valence-corrected chi connectivity index (χ3v) is 6.52. The fourth-order valence-corrected chi connectivity index (χ4v) is 4.33. The van der Waals surface area contributed by atoms with Crippen molar-refractivity contribution in [2.45, 2.75) is 71.0 Å². The number of benzene rings is 1. The first-order chi connectivity index (χ1) is 16.5. The molecule has 1 aromatic carbocycles. The molecular weight excluding hydrogens is 452 g/mol. The fraction of sp³-hybridized carbons (Fsp3) is 0.560. The second kappa shape index (κ2) is 12.7. The van der Waals surface area contributed by atoms with Crippen LogP contribution in [0.1, 0.15) is 71.4 Å². The minimum atomic E-state index is -0.493. The summed E-state index contributed by atoms with van der Waals surface area (Å²) >= 11 is 1.60. The van der Waals surface area contributed by atoms with Gasteiger partial charge in [-0.05, 0) is 43.9 Å². The van der Waals surface area contributed by atoms with Gasteiger partial charge in [-0.15, -0.1) is 5.10 Å². The molecule has 3 rings (SSSR count). The quantitative estimate of drug-likeness (QED) is 0.221. The van der Waals surface area contributed by atoms with Gasteiger partial charge in [0.25, 0.3) is 0 Å². The number of nitrogens with zero attached hydrogens (tertiary/aromatic N) is 3. The zero-order valence-electron chi connectivity index (χ0n) is 20.8. The Balaban J connectivity index is 2.02. The maximum Gasteiger partial charge on any atom is 0.338 e. The van der Waals surface area contributed by atoms with E-state index in [0.717, 1.165) is 43.4 Å². The number of rotatable bonds is 13. The van der Waals surface area contributed by atoms with Crippen molar-refractivity contribution in [1.29, 1.82) is 0 Å². The summed E-state index contributed by atoms with van der Waals surface area (Å²) in [6.45, 7) is 9.19. The van der Waals surface area contributed by atoms with Gasteiger partial charge < -0.3 is 19.5 Å². The van der Waals surface area contributed by atoms with Gasteiger partial charge in [0.15, 0.2) is 11.5 Å². The fourth-order valence-electron chi connectivity index (χ4n) is 3.65. The largest absolute Gasteiger partial charge is 0.493 e. The van der Waals surface area contributed by atoms with Crippen LogP contribution in [0.5, 0.6) is 11.5 Å². The normalized spacial score (nSPS) is 15.0. The van der Waals surface area contributed by atoms with Gasteiger partial charge in [-0.25, -0.2) is 9.48 Å². The number of methoxy groups -OCH3 is 1. The van der Waals surface area contributed by atoms with Crippen LogP contribution in [-0.4, -0.2) is 46.8 Å². The highest BCUT2D eigenvalue weighted by molar-refractivity contribution is 7.99. The highest BCUT2D eigenvalue weighted by Crippen LogP contribution is 2.40. The minimum absolute atomic E-state index is 0.352. The molecule has 0 fully saturated rings. The lowest BCUT2D eigenvalue weighted by Gasteiger charge is -2.28. The molecule has 1 N–H and O–H groups in total. The van der Waals surface area contributed by atoms with E-state index in [-0.39, 0.29) is 5.97 Å². The van der Waals surface area contributed by atoms with Crippen LogP contribution in [0.2, 0.25) is 0 Å². The van der Waals surface area contributed by atoms with Crippen molar-refractivity contribution < 1.29 is 19.0 Å². The first-order valence-electron chi connectivity index (χ1n) is 12.1. The highest BCUT2D eigenvalue weighted by Gasteiger charge is 2.35. The molecule has 186 valence electrons. The Morgan fingerprint density at radius 2 is 1.88 bits per heavy atom. The van der Waals surface area contributed by atoms with Crippen molar-refractivity contribution in [3.63, 3.8) is 0 Å². The van der Waals surface area contributed by atoms with Crippen LogP contribution in [0, 0.1) is 0 Å². The van der Waals surface area contributed by atoms with Crippen molar-refractivity contribution >= 4 is 23.7 Å². The van der Waals surface area contributed by atoms with Crippen molar-refractivity contribution in [3.05, 3.63) is 35.0 Å². The minimum Gasteiger partial charge on any atom is -0.493 e. The molecule has 0 spiro atoms. The van der Waals surface area contributed by atoms with Crippen molar-refractivity contribution in [2.75, 3.05) is 31.4 Å². The van der Waals surface area contributed by atoms with E-state index in [4.69, 9.17) is 19.3 Å². The van der Waals surface area contributed by atoms with Gasteiger partial charge in [0, 0.05) is 11.4 Å². The number of hydrogen-bond donors (Lipinski definition) is 1. The van der Waals surface area contributed by atoms with Crippen molar-refractivity contribution in [2.24, 2.45) is 0 Å². The number of aromatic nitrogens is 3. The summed E-state index contributed by atoms with van der Waals surface area (Å²) in [7, 11) is 1.62. The predicted molar refractivity (Wildman–Crippen MR) is 135 cm³/mol. The number of carbonyl (C=O) groups is 1. The Hall–Kier alpha value is -2.68. The third kappa shape index (κ3) is 6.05. The molecule has 0 saturated carbocycles. The average molecular weight is 489 g/mol. The van der Waals surface area contributed by atoms with E-state index in [9.17, 15) is 4.79 Å². The number of fused-ring (bicyclic) bond motifs is 1. The number of carbonyl (C=O) groups excluding carboxylic acids is 1. The van der Waals surface area contributed by atoms with Crippen LogP contribution in [0.4, 0.5) is 5.95 Å². The van der Waals surface area contributed by atoms with Crippen LogP contribution >= 0.6 is 11.8 Å². The van der Waals surface area contributed by atoms with Gasteiger partial charge in [0.2, 0.25) is 11.1 Å². The molecule has 1 aliphatic rings. The molecule has 0 saturated heterocycles. The number of esters is 1. The maximum absolute atomic E-state index is 13.2. The molecule has 2 aromatic rings. The average Bonchev–Trinajstić information content (AvgIpc) is 3.24. The molecular formula is C25H36N4O4S. The van der Waals surface area contributed by atoms with E-state index in [1.807, 2.05) is 25.1 Å². The SMILES string of the molecule is CCCCOC(=O)C1=C(C)Nc2nc(SCCC)nn2C1c1ccc(OCCCC)c(OC)c1. The zero-order chi connectivity index (χ0) is 24.5. The van der Waals surface area contributed by atoms with E-state index in [1.165, 1.54) is 0 Å². The molecule has 2 heterocycles. The standard InChI is InChI=1S/C25H36N4O4S/c1-6-9-13-32-19-12-11-18(16-20(19)31-5)22-21(23(30)33-14-10-7-2)17(4)26-24-27-25(28-29(22)24)34-15-8-3/h11-12,16,22H,6-10,13-15H2,1-5H3,(H,26,27,28). The molecule has 1 atom stereocenters. The van der Waals surface area contributed by atoms with Gasteiger partial charge in [-0.1, -0.05) is 51.4 Å². The summed E-state index contributed by atoms with van der Waals surface area (Å²) in [6, 6.07) is 5.27. The summed E-state index contributed by atoms with van der Waals surface area (Å²) < 4.78 is 18.9. The van der Waals surface area contributed by atoms with Gasteiger partial charge in [0.05, 0.1) is 25.9 Å². The summed E-state index contributed by atoms with van der Waals surface area (Å²) in [5, 5.41) is 8.67. The summed E-state index contributed by atoms with van der Waals surface area (Å²) in [4.78, 5) is 17.9. The molecule has 34 heavy (non-hydrogen) atoms. The second-order valence-electron chi connectivity index (χ2n) is 8.18. The molecule has 9 heteroatoms. The van der Waals surface area contributed by atoms with E-state index < -0.39 is 6.04 Å². The van der Waals surface area contributed by atoms with E-state index in [1.54, 1.807) is 23.6 Å². The second-order valence-corrected chi connectivity index (χ2v) is 9.24. The lowest BCUT2D eigenvalue weighted by atomic mass is 9.95. The van der Waals surface area contributed by atoms with Crippen LogP contribution < -0.4 is 14.8 Å². The Morgan fingerprint density at radius 1 is 1.12 bits per heavy atom. The Labute approximate surface area is 206 Å². The van der Waals surface area contributed by atoms with E-state index >= 15 is 0 Å². The van der Waals surface area contributed by atoms with Crippen LogP contribution in [0.15, 0.2) is 34.6 Å². The maximum atomic E-state index is 13.2. The molecule has 0 aliphatic carbocycles. The monoisotopic (exact) mass is 488 g/mol. The lowest BCUT2D eigenvalue weighted by Crippen LogP contribution is -2.29. The summed E-state index contributed by atoms with van der Waals surface area (Å²) in [5.74, 6) is 2.47. The number of hydrogen-bond acceptors (Lipinski definition) is 8. The van der Waals surface area contributed by atoms with Crippen molar-refractivity contribution in [1.82, 2.24) is 14.8 Å². The van der Waals surface area contributed by atoms with Crippen molar-refractivity contribution in [3.8, 4) is 11.5 Å². The molecule has 8 nitrogen and oxygen atoms in total. The molecule has 0 radical (unpaired) electrons. The van der Waals surface area contributed by atoms with Gasteiger partial charge in [-0.2, -0.15) is 4.98 Å². The smallest absolute Gasteiger partial charge is 0.338 e.